The molecule has 0 spiro atoms. The Bertz CT molecular complexity index is 2390. The molecule has 0 bridgehead atoms. The molecule has 69 heavy (non-hydrogen) atoms. The molecule has 0 amide bonds. The molecule has 6 rings (SSSR count). The van der Waals surface area contributed by atoms with Gasteiger partial charge in [0.15, 0.2) is 13.6 Å². The summed E-state index contributed by atoms with van der Waals surface area (Å²) in [4.78, 5) is 27.7. The molecule has 6 aromatic carbocycles. The Morgan fingerprint density at radius 1 is 0.522 bits per heavy atom. The van der Waals surface area contributed by atoms with Crippen molar-refractivity contribution in [3.05, 3.63) is 168 Å². The van der Waals surface area contributed by atoms with Crippen molar-refractivity contribution in [2.24, 2.45) is 0 Å². The van der Waals surface area contributed by atoms with Gasteiger partial charge in [-0.2, -0.15) is 0 Å². The first-order chi connectivity index (χ1) is 32.2. The predicted molar refractivity (Wildman–Crippen MR) is 295 cm³/mol. The van der Waals surface area contributed by atoms with Gasteiger partial charge in [0.25, 0.3) is 0 Å². The quantitative estimate of drug-likeness (QED) is 0.0310. The van der Waals surface area contributed by atoms with Crippen molar-refractivity contribution in [2.45, 2.75) is 87.5 Å². The summed E-state index contributed by atoms with van der Waals surface area (Å²) in [7, 11) is 0.835. The van der Waals surface area contributed by atoms with Crippen molar-refractivity contribution >= 4 is 51.6 Å². The average Bonchev–Trinajstić information content (AvgIpc) is 3.31. The molecule has 0 unspecified atom stereocenters. The molecular weight excluding hydrogens is 937 g/mol. The lowest BCUT2D eigenvalue weighted by molar-refractivity contribution is 0.0435. The second kappa shape index (κ2) is 31.2. The Morgan fingerprint density at radius 2 is 0.899 bits per heavy atom. The smallest absolute Gasteiger partial charge is 0.342 e. The normalized spacial score (nSPS) is 10.7. The number of benzene rings is 6. The van der Waals surface area contributed by atoms with Crippen LogP contribution in [0.3, 0.4) is 0 Å². The van der Waals surface area contributed by atoms with Gasteiger partial charge in [0, 0.05) is 58.3 Å². The van der Waals surface area contributed by atoms with Gasteiger partial charge in [0.05, 0.1) is 6.61 Å². The number of carbonyl (C=O) groups is 2. The van der Waals surface area contributed by atoms with Gasteiger partial charge in [-0.05, 0) is 81.9 Å². The van der Waals surface area contributed by atoms with Crippen LogP contribution in [0.1, 0.15) is 46.7 Å². The maximum Gasteiger partial charge on any atom is 0.342 e. The molecule has 0 atom stereocenters. The van der Waals surface area contributed by atoms with Crippen LogP contribution >= 0.6 is 23.5 Å². The number of hydrogen-bond acceptors (Lipinski definition) is 10. The first-order valence-electron chi connectivity index (χ1n) is 22.2. The van der Waals surface area contributed by atoms with Crippen molar-refractivity contribution in [2.75, 3.05) is 41.0 Å². The molecule has 0 fully saturated rings. The van der Waals surface area contributed by atoms with Gasteiger partial charge in [0.2, 0.25) is 0 Å². The molecule has 0 radical (unpaired) electrons. The summed E-state index contributed by atoms with van der Waals surface area (Å²) in [6, 6.07) is 49.4. The van der Waals surface area contributed by atoms with E-state index in [0.29, 0.717) is 41.8 Å². The number of methoxy groups -OCH3 is 2. The number of hydrogen-bond donors (Lipinski definition) is 2. The number of aliphatic hydroxyl groups is 1. The third-order valence-corrected chi connectivity index (χ3v) is 15.5. The van der Waals surface area contributed by atoms with E-state index >= 15 is 0 Å². The van der Waals surface area contributed by atoms with Gasteiger partial charge in [-0.3, -0.25) is 0 Å². The van der Waals surface area contributed by atoms with Gasteiger partial charge < -0.3 is 33.9 Å². The number of thioether (sulfide) groups is 2. The van der Waals surface area contributed by atoms with Crippen LogP contribution in [0, 0.1) is 0 Å². The summed E-state index contributed by atoms with van der Waals surface area (Å²) < 4.78 is 27.2. The number of aliphatic hydroxyl groups excluding tert-OH is 1. The van der Waals surface area contributed by atoms with Crippen LogP contribution < -0.4 is 9.47 Å². The Labute approximate surface area is 423 Å². The minimum absolute atomic E-state index is 0. The van der Waals surface area contributed by atoms with Gasteiger partial charge >= 0.3 is 11.9 Å². The number of ether oxygens (including phenoxy) is 5. The molecule has 6 aromatic rings. The van der Waals surface area contributed by atoms with Crippen LogP contribution in [0.2, 0.25) is 51.4 Å². The molecule has 0 aliphatic rings. The highest BCUT2D eigenvalue weighted by Gasteiger charge is 2.25. The van der Waals surface area contributed by atoms with Gasteiger partial charge in [0.1, 0.15) is 22.6 Å². The summed E-state index contributed by atoms with van der Waals surface area (Å²) in [5, 5.41) is 18.3. The monoisotopic (exact) mass is 1010 g/mol. The molecule has 0 saturated carbocycles. The molecule has 0 saturated heterocycles. The lowest BCUT2D eigenvalue weighted by atomic mass is 9.95. The number of carbonyl (C=O) groups excluding carboxylic acids is 1. The van der Waals surface area contributed by atoms with Crippen LogP contribution in [0.5, 0.6) is 11.5 Å². The predicted octanol–water partition coefficient (Wildman–Crippen LogP) is 15.0. The average molecular weight is 1010 g/mol. The van der Waals surface area contributed by atoms with E-state index < -0.39 is 22.1 Å². The van der Waals surface area contributed by atoms with E-state index in [1.807, 2.05) is 115 Å². The van der Waals surface area contributed by atoms with Crippen molar-refractivity contribution < 1.29 is 43.5 Å². The number of carboxylic acid groups (broad SMARTS) is 1. The van der Waals surface area contributed by atoms with E-state index in [0.717, 1.165) is 55.3 Å². The minimum Gasteiger partial charge on any atom is -0.478 e. The highest BCUT2D eigenvalue weighted by Crippen LogP contribution is 2.39. The zero-order valence-corrected chi connectivity index (χ0v) is 43.7. The molecular formula is C56H74O9S2Si2. The molecule has 0 aliphatic carbocycles. The fourth-order valence-corrected chi connectivity index (χ4v) is 9.78. The number of esters is 1. The fourth-order valence-electron chi connectivity index (χ4n) is 6.47. The maximum atomic E-state index is 13.4. The van der Waals surface area contributed by atoms with Crippen LogP contribution in [-0.2, 0) is 25.7 Å². The molecule has 372 valence electrons. The second-order valence-corrected chi connectivity index (χ2v) is 31.1. The Kier molecular flexibility index (Phi) is 27.1. The first-order valence-corrected chi connectivity index (χ1v) is 31.6. The Morgan fingerprint density at radius 3 is 1.25 bits per heavy atom. The number of rotatable bonds is 21. The van der Waals surface area contributed by atoms with Gasteiger partial charge in [-0.25, -0.2) is 9.59 Å². The van der Waals surface area contributed by atoms with Crippen molar-refractivity contribution in [3.63, 3.8) is 0 Å². The standard InChI is InChI=1S/C27H32O4SSi.C22H20O4S.C5H14OSi.2CH4/c1-29-20-31-25-16-15-23(21-11-7-5-8-12-21)24(19-32-22-13-9-6-10-14-22)26(25)27(28)30-17-18-33(2,3)4;1-25-15-26-20-13-12-18(16-8-4-2-5-9-16)19(21(20)22(23)24)14-27-17-10-6-3-7-11-17;1-7(2,3)5-4-6;;/h5-16H,17-20H2,1-4H3;2-13H,14-15H2,1H3,(H,23,24);6H,4-5H2,1-3H3;2*1H4. The first kappa shape index (κ1) is 60.0. The Balaban J connectivity index is 0.000000411. The van der Waals surface area contributed by atoms with E-state index in [-0.39, 0.29) is 40.0 Å². The third kappa shape index (κ3) is 20.8. The minimum atomic E-state index is -1.33. The van der Waals surface area contributed by atoms with Crippen LogP contribution in [0.4, 0.5) is 0 Å². The molecule has 0 aromatic heterocycles. The molecule has 2 N–H and O–H groups in total. The van der Waals surface area contributed by atoms with Crippen LogP contribution in [0.15, 0.2) is 155 Å². The molecule has 0 aliphatic heterocycles. The van der Waals surface area contributed by atoms with E-state index in [9.17, 15) is 14.7 Å². The summed E-state index contributed by atoms with van der Waals surface area (Å²) in [6.07, 6.45) is 0. The van der Waals surface area contributed by atoms with Crippen LogP contribution in [0.25, 0.3) is 22.3 Å². The summed E-state index contributed by atoms with van der Waals surface area (Å²) >= 11 is 3.28. The van der Waals surface area contributed by atoms with E-state index in [1.54, 1.807) is 36.7 Å². The zero-order chi connectivity index (χ0) is 48.7. The topological polar surface area (TPSA) is 121 Å². The van der Waals surface area contributed by atoms with E-state index in [4.69, 9.17) is 28.8 Å². The lowest BCUT2D eigenvalue weighted by Gasteiger charge is -2.20. The second-order valence-electron chi connectivity index (χ2n) is 17.8. The Hall–Kier alpha value is -5.13. The maximum absolute atomic E-state index is 13.4. The van der Waals surface area contributed by atoms with Crippen molar-refractivity contribution in [1.82, 2.24) is 0 Å². The summed E-state index contributed by atoms with van der Waals surface area (Å²) in [6.45, 7) is 14.4. The highest BCUT2D eigenvalue weighted by atomic mass is 32.2. The molecule has 9 nitrogen and oxygen atoms in total. The van der Waals surface area contributed by atoms with Gasteiger partial charge in [-0.15, -0.1) is 23.5 Å². The van der Waals surface area contributed by atoms with Crippen molar-refractivity contribution in [3.8, 4) is 33.8 Å². The lowest BCUT2D eigenvalue weighted by Crippen LogP contribution is -2.23. The van der Waals surface area contributed by atoms with Gasteiger partial charge in [-0.1, -0.05) is 163 Å². The number of carboxylic acids is 1. The fraction of sp³-hybridized carbons (Fsp3) is 0.321. The third-order valence-electron chi connectivity index (χ3n) is 10.0. The summed E-state index contributed by atoms with van der Waals surface area (Å²) in [5.41, 5.74) is 6.21. The van der Waals surface area contributed by atoms with Crippen LogP contribution in [-0.4, -0.2) is 79.3 Å². The summed E-state index contributed by atoms with van der Waals surface area (Å²) in [5.74, 6) is 0.561. The molecule has 0 heterocycles. The number of aromatic carboxylic acids is 1. The van der Waals surface area contributed by atoms with E-state index in [2.05, 4.69) is 63.5 Å². The highest BCUT2D eigenvalue weighted by molar-refractivity contribution is 7.98. The van der Waals surface area contributed by atoms with E-state index in [1.165, 1.54) is 7.11 Å². The zero-order valence-electron chi connectivity index (χ0n) is 40.1. The largest absolute Gasteiger partial charge is 0.478 e. The van der Waals surface area contributed by atoms with Crippen molar-refractivity contribution in [1.29, 1.82) is 0 Å². The molecule has 13 heteroatoms. The SMILES string of the molecule is C.C.COCOc1ccc(-c2ccccc2)c(CSc2ccccc2)c1C(=O)O.COCOc1ccc(-c2ccccc2)c(CSc2ccccc2)c1C(=O)OCC[Si](C)(C)C.C[Si](C)(C)CCO.